The lowest BCUT2D eigenvalue weighted by Gasteiger charge is -2.07. The van der Waals surface area contributed by atoms with Gasteiger partial charge in [0.1, 0.15) is 0 Å². The van der Waals surface area contributed by atoms with E-state index < -0.39 is 0 Å². The number of hydrogen-bond donors (Lipinski definition) is 2. The van der Waals surface area contributed by atoms with E-state index in [2.05, 4.69) is 12.6 Å². The number of carbonyl (C=O) groups is 1. The molecule has 0 spiro atoms. The maximum absolute atomic E-state index is 11.5. The predicted molar refractivity (Wildman–Crippen MR) is 63.2 cm³/mol. The Kier molecular flexibility index (Phi) is 4.03. The average molecular weight is 225 g/mol. The van der Waals surface area contributed by atoms with Crippen molar-refractivity contribution < 1.29 is 9.53 Å². The van der Waals surface area contributed by atoms with Crippen LogP contribution in [-0.4, -0.2) is 12.6 Å². The molecule has 0 aromatic heterocycles. The Morgan fingerprint density at radius 2 is 2.20 bits per heavy atom. The second kappa shape index (κ2) is 5.07. The molecule has 0 unspecified atom stereocenters. The van der Waals surface area contributed by atoms with Crippen molar-refractivity contribution in [1.29, 1.82) is 0 Å². The molecule has 1 aromatic rings. The van der Waals surface area contributed by atoms with E-state index >= 15 is 0 Å². The molecule has 0 aliphatic rings. The predicted octanol–water partition coefficient (Wildman–Crippen LogP) is 2.37. The third-order valence-corrected chi connectivity index (χ3v) is 2.20. The summed E-state index contributed by atoms with van der Waals surface area (Å²) in [6.07, 6.45) is 0. The van der Waals surface area contributed by atoms with Crippen LogP contribution in [0.5, 0.6) is 0 Å². The molecule has 0 heterocycles. The van der Waals surface area contributed by atoms with Crippen LogP contribution >= 0.6 is 12.6 Å². The zero-order valence-corrected chi connectivity index (χ0v) is 9.75. The second-order valence-electron chi connectivity index (χ2n) is 3.77. The summed E-state index contributed by atoms with van der Waals surface area (Å²) in [5, 5.41) is 0. The third kappa shape index (κ3) is 3.47. The van der Waals surface area contributed by atoms with Gasteiger partial charge in [0.25, 0.3) is 0 Å². The van der Waals surface area contributed by atoms with Gasteiger partial charge in [0.2, 0.25) is 0 Å². The van der Waals surface area contributed by atoms with Crippen molar-refractivity contribution in [3.8, 4) is 0 Å². The Bertz CT molecular complexity index is 364. The van der Waals surface area contributed by atoms with E-state index in [0.717, 1.165) is 0 Å². The fourth-order valence-corrected chi connectivity index (χ4v) is 1.21. The first kappa shape index (κ1) is 11.9. The average Bonchev–Trinajstić information content (AvgIpc) is 2.18. The minimum atomic E-state index is -0.334. The molecule has 1 rings (SSSR count). The van der Waals surface area contributed by atoms with Crippen LogP contribution < -0.4 is 5.73 Å². The molecule has 4 heteroatoms. The summed E-state index contributed by atoms with van der Waals surface area (Å²) in [6, 6.07) is 4.90. The highest BCUT2D eigenvalue weighted by Crippen LogP contribution is 2.18. The fourth-order valence-electron chi connectivity index (χ4n) is 0.996. The Hall–Kier alpha value is -1.16. The lowest BCUT2D eigenvalue weighted by molar-refractivity contribution is 0.0458. The molecule has 0 saturated heterocycles. The van der Waals surface area contributed by atoms with Gasteiger partial charge in [-0.3, -0.25) is 0 Å². The number of anilines is 1. The molecule has 0 saturated carbocycles. The van der Waals surface area contributed by atoms with Gasteiger partial charge < -0.3 is 10.5 Å². The van der Waals surface area contributed by atoms with E-state index in [1.165, 1.54) is 0 Å². The number of ether oxygens (including phenoxy) is 1. The van der Waals surface area contributed by atoms with E-state index in [4.69, 9.17) is 10.5 Å². The maximum atomic E-state index is 11.5. The minimum Gasteiger partial charge on any atom is -0.462 e. The van der Waals surface area contributed by atoms with Crippen LogP contribution in [0.3, 0.4) is 0 Å². The Morgan fingerprint density at radius 1 is 1.53 bits per heavy atom. The van der Waals surface area contributed by atoms with Gasteiger partial charge in [-0.2, -0.15) is 0 Å². The first-order chi connectivity index (χ1) is 7.00. The summed E-state index contributed by atoms with van der Waals surface area (Å²) in [4.78, 5) is 12.1. The molecule has 0 bridgehead atoms. The molecule has 2 N–H and O–H groups in total. The number of nitrogens with two attached hydrogens (primary N) is 1. The number of thiol groups is 1. The number of rotatable bonds is 3. The van der Waals surface area contributed by atoms with Gasteiger partial charge in [-0.1, -0.05) is 13.8 Å². The quantitative estimate of drug-likeness (QED) is 0.472. The number of carbonyl (C=O) groups excluding carboxylic acids is 1. The summed E-state index contributed by atoms with van der Waals surface area (Å²) < 4.78 is 5.07. The normalized spacial score (nSPS) is 10.4. The number of esters is 1. The van der Waals surface area contributed by atoms with Crippen LogP contribution in [0.25, 0.3) is 0 Å². The fraction of sp³-hybridized carbons (Fsp3) is 0.364. The highest BCUT2D eigenvalue weighted by Gasteiger charge is 2.09. The minimum absolute atomic E-state index is 0.332. The molecule has 0 radical (unpaired) electrons. The van der Waals surface area contributed by atoms with Crippen LogP contribution in [0.2, 0.25) is 0 Å². The largest absolute Gasteiger partial charge is 0.462 e. The van der Waals surface area contributed by atoms with Gasteiger partial charge >= 0.3 is 5.97 Å². The van der Waals surface area contributed by atoms with E-state index in [1.807, 2.05) is 13.8 Å². The summed E-state index contributed by atoms with van der Waals surface area (Å²) in [5.74, 6) is -0.00259. The van der Waals surface area contributed by atoms with Crippen LogP contribution in [0, 0.1) is 5.92 Å². The Balaban J connectivity index is 2.70. The standard InChI is InChI=1S/C11H15NO2S/c1-7(2)6-14-11(13)8-3-4-9(12)10(15)5-8/h3-5,7,15H,6,12H2,1-2H3. The van der Waals surface area contributed by atoms with Crippen LogP contribution in [0.15, 0.2) is 23.1 Å². The molecule has 15 heavy (non-hydrogen) atoms. The lowest BCUT2D eigenvalue weighted by Crippen LogP contribution is -2.10. The second-order valence-corrected chi connectivity index (χ2v) is 4.25. The zero-order valence-electron chi connectivity index (χ0n) is 8.86. The van der Waals surface area contributed by atoms with Gasteiger partial charge in [0, 0.05) is 10.6 Å². The van der Waals surface area contributed by atoms with Gasteiger partial charge in [0.15, 0.2) is 0 Å². The lowest BCUT2D eigenvalue weighted by atomic mass is 10.2. The number of nitrogen functional groups attached to an aromatic ring is 1. The van der Waals surface area contributed by atoms with E-state index in [0.29, 0.717) is 28.7 Å². The maximum Gasteiger partial charge on any atom is 0.338 e. The van der Waals surface area contributed by atoms with Crippen molar-refractivity contribution in [2.45, 2.75) is 18.7 Å². The summed E-state index contributed by atoms with van der Waals surface area (Å²) in [5.41, 5.74) is 6.62. The topological polar surface area (TPSA) is 52.3 Å². The first-order valence-electron chi connectivity index (χ1n) is 4.76. The summed E-state index contributed by atoms with van der Waals surface area (Å²) >= 11 is 4.14. The number of benzene rings is 1. The van der Waals surface area contributed by atoms with Gasteiger partial charge in [-0.05, 0) is 24.1 Å². The summed E-state index contributed by atoms with van der Waals surface area (Å²) in [6.45, 7) is 4.39. The molecule has 0 fully saturated rings. The Labute approximate surface area is 95.0 Å². The van der Waals surface area contributed by atoms with Crippen molar-refractivity contribution in [2.24, 2.45) is 5.92 Å². The van der Waals surface area contributed by atoms with Crippen LogP contribution in [0.1, 0.15) is 24.2 Å². The Morgan fingerprint density at radius 3 is 2.73 bits per heavy atom. The van der Waals surface area contributed by atoms with Crippen LogP contribution in [-0.2, 0) is 4.74 Å². The molecule has 3 nitrogen and oxygen atoms in total. The van der Waals surface area contributed by atoms with Gasteiger partial charge in [-0.25, -0.2) is 4.79 Å². The molecule has 82 valence electrons. The van der Waals surface area contributed by atoms with E-state index in [9.17, 15) is 4.79 Å². The molecule has 0 aliphatic carbocycles. The number of hydrogen-bond acceptors (Lipinski definition) is 4. The molecule has 0 amide bonds. The molecular weight excluding hydrogens is 210 g/mol. The molecular formula is C11H15NO2S. The SMILES string of the molecule is CC(C)COC(=O)c1ccc(N)c(S)c1. The molecule has 0 aliphatic heterocycles. The highest BCUT2D eigenvalue weighted by molar-refractivity contribution is 7.80. The van der Waals surface area contributed by atoms with E-state index in [-0.39, 0.29) is 5.97 Å². The van der Waals surface area contributed by atoms with E-state index in [1.54, 1.807) is 18.2 Å². The van der Waals surface area contributed by atoms with Crippen molar-refractivity contribution >= 4 is 24.3 Å². The van der Waals surface area contributed by atoms with Crippen molar-refractivity contribution in [3.05, 3.63) is 23.8 Å². The monoisotopic (exact) mass is 225 g/mol. The molecule has 0 atom stereocenters. The van der Waals surface area contributed by atoms with Crippen molar-refractivity contribution in [1.82, 2.24) is 0 Å². The van der Waals surface area contributed by atoms with Crippen molar-refractivity contribution in [3.63, 3.8) is 0 Å². The van der Waals surface area contributed by atoms with Crippen LogP contribution in [0.4, 0.5) is 5.69 Å². The highest BCUT2D eigenvalue weighted by atomic mass is 32.1. The van der Waals surface area contributed by atoms with Crippen molar-refractivity contribution in [2.75, 3.05) is 12.3 Å². The smallest absolute Gasteiger partial charge is 0.338 e. The third-order valence-electron chi connectivity index (χ3n) is 1.81. The van der Waals surface area contributed by atoms with Gasteiger partial charge in [-0.15, -0.1) is 12.6 Å². The summed E-state index contributed by atoms with van der Waals surface area (Å²) in [7, 11) is 0. The zero-order chi connectivity index (χ0) is 11.4. The van der Waals surface area contributed by atoms with Gasteiger partial charge in [0.05, 0.1) is 12.2 Å². The first-order valence-corrected chi connectivity index (χ1v) is 5.21. The molecule has 1 aromatic carbocycles.